The summed E-state index contributed by atoms with van der Waals surface area (Å²) in [5.41, 5.74) is 3.16. The Balaban J connectivity index is 0.000000230. The van der Waals surface area contributed by atoms with Crippen molar-refractivity contribution in [2.24, 2.45) is 0 Å². The third-order valence-corrected chi connectivity index (χ3v) is 16.4. The number of ether oxygens (including phenoxy) is 1. The molecule has 60 heavy (non-hydrogen) atoms. The molecule has 4 aromatic carbocycles. The molecule has 6 rings (SSSR count). The number of carbonyl (C=O) groups excluding carboxylic acids is 5. The molecule has 2 unspecified atom stereocenters. The van der Waals surface area contributed by atoms with Gasteiger partial charge in [0.05, 0.1) is 35.7 Å². The van der Waals surface area contributed by atoms with Gasteiger partial charge in [0.2, 0.25) is 11.8 Å². The summed E-state index contributed by atoms with van der Waals surface area (Å²) in [4.78, 5) is 66.7. The van der Waals surface area contributed by atoms with Crippen LogP contribution < -0.4 is 20.4 Å². The first-order valence-electron chi connectivity index (χ1n) is 19.3. The van der Waals surface area contributed by atoms with Crippen molar-refractivity contribution in [2.45, 2.75) is 70.8 Å². The van der Waals surface area contributed by atoms with Crippen molar-refractivity contribution in [3.63, 3.8) is 0 Å². The van der Waals surface area contributed by atoms with Crippen molar-refractivity contribution < 1.29 is 33.1 Å². The Hall–Kier alpha value is -4.43. The van der Waals surface area contributed by atoms with Crippen molar-refractivity contribution in [1.29, 1.82) is 0 Å². The van der Waals surface area contributed by atoms with E-state index in [4.69, 9.17) is 55.6 Å². The largest absolute Gasteiger partial charge is 0.464 e. The molecule has 0 fully saturated rings. The first kappa shape index (κ1) is 46.6. The predicted octanol–water partition coefficient (Wildman–Crippen LogP) is 8.95. The van der Waals surface area contributed by atoms with Crippen molar-refractivity contribution in [3.8, 4) is 0 Å². The summed E-state index contributed by atoms with van der Waals surface area (Å²) in [6, 6.07) is 22.6. The smallest absolute Gasteiger partial charge is 0.302 e. The lowest BCUT2D eigenvalue weighted by Crippen LogP contribution is -2.49. The summed E-state index contributed by atoms with van der Waals surface area (Å²) in [5, 5.41) is 7.59. The van der Waals surface area contributed by atoms with E-state index in [1.165, 1.54) is 17.9 Å². The maximum atomic E-state index is 13.6. The summed E-state index contributed by atoms with van der Waals surface area (Å²) in [7, 11) is -1.98. The molecule has 2 aliphatic rings. The highest BCUT2D eigenvalue weighted by molar-refractivity contribution is 6.74. The lowest BCUT2D eigenvalue weighted by atomic mass is 10.0. The second kappa shape index (κ2) is 20.0. The standard InChI is InChI=1S/C24H30Cl2N2O3Si.C20H18Cl2N2O4/c1-24(2,3)32(4,5)31-13-12-28-21-11-10-17(25)15-18(21)22(29)27-20(23(28)30)14-16-8-6-7-9-19(16)26;1-12(25)28-9-8-24-18-7-6-14(21)11-15(18)19(26)23-17(20(24)27)10-13-4-2-3-5-16(13)22/h6-11,15,20H,12-14H2,1-5H3,(H,27,29);2-7,11,17H,8-10H2,1H3,(H,23,26). The average molecular weight is 915 g/mol. The van der Waals surface area contributed by atoms with Crippen LogP contribution in [0.15, 0.2) is 84.9 Å². The van der Waals surface area contributed by atoms with Crippen LogP contribution in [0.5, 0.6) is 0 Å². The highest BCUT2D eigenvalue weighted by Gasteiger charge is 2.39. The number of rotatable bonds is 11. The van der Waals surface area contributed by atoms with Gasteiger partial charge in [-0.3, -0.25) is 24.0 Å². The van der Waals surface area contributed by atoms with Crippen molar-refractivity contribution >= 4 is 95.7 Å². The van der Waals surface area contributed by atoms with Crippen LogP contribution in [0.4, 0.5) is 11.4 Å². The number of hydrogen-bond acceptors (Lipinski definition) is 7. The number of halogens is 4. The summed E-state index contributed by atoms with van der Waals surface area (Å²) >= 11 is 24.7. The molecular formula is C44H48Cl4N4O7Si. The van der Waals surface area contributed by atoms with E-state index in [2.05, 4.69) is 44.5 Å². The van der Waals surface area contributed by atoms with Crippen LogP contribution in [0.2, 0.25) is 38.2 Å². The number of fused-ring (bicyclic) bond motifs is 2. The first-order chi connectivity index (χ1) is 28.3. The molecule has 0 radical (unpaired) electrons. The Morgan fingerprint density at radius 2 is 1.08 bits per heavy atom. The summed E-state index contributed by atoms with van der Waals surface area (Å²) in [6.07, 6.45) is 0.529. The number of anilines is 2. The Bertz CT molecular complexity index is 2270. The monoisotopic (exact) mass is 912 g/mol. The molecule has 318 valence electrons. The zero-order valence-electron chi connectivity index (χ0n) is 34.2. The SMILES string of the molecule is CC(=O)OCCN1C(=O)C(Cc2ccccc2Cl)NC(=O)c2cc(Cl)ccc21.CC(C)(C)[Si](C)(C)OCCN1C(=O)C(Cc2ccccc2Cl)NC(=O)c2cc(Cl)ccc21. The molecule has 2 aliphatic heterocycles. The number of amides is 4. The van der Waals surface area contributed by atoms with Gasteiger partial charge in [0, 0.05) is 46.4 Å². The Kier molecular flexibility index (Phi) is 15.5. The predicted molar refractivity (Wildman–Crippen MR) is 240 cm³/mol. The van der Waals surface area contributed by atoms with E-state index in [1.807, 2.05) is 24.3 Å². The minimum atomic E-state index is -1.98. The summed E-state index contributed by atoms with van der Waals surface area (Å²) in [6.45, 7) is 13.0. The summed E-state index contributed by atoms with van der Waals surface area (Å²) < 4.78 is 11.3. The maximum Gasteiger partial charge on any atom is 0.302 e. The molecule has 2 atom stereocenters. The van der Waals surface area contributed by atoms with E-state index in [0.717, 1.165) is 11.1 Å². The van der Waals surface area contributed by atoms with Gasteiger partial charge in [0.25, 0.3) is 11.8 Å². The number of esters is 1. The molecule has 0 aromatic heterocycles. The zero-order chi connectivity index (χ0) is 43.9. The molecule has 2 heterocycles. The number of nitrogens with one attached hydrogen (secondary N) is 2. The number of carbonyl (C=O) groups is 5. The average Bonchev–Trinajstić information content (AvgIpc) is 3.33. The second-order valence-corrected chi connectivity index (χ2v) is 22.4. The highest BCUT2D eigenvalue weighted by atomic mass is 35.5. The fraction of sp³-hybridized carbons (Fsp3) is 0.341. The van der Waals surface area contributed by atoms with Crippen LogP contribution in [0, 0.1) is 0 Å². The minimum absolute atomic E-state index is 0.0101. The lowest BCUT2D eigenvalue weighted by Gasteiger charge is -2.37. The van der Waals surface area contributed by atoms with Crippen molar-refractivity contribution in [3.05, 3.63) is 127 Å². The van der Waals surface area contributed by atoms with E-state index < -0.39 is 32.3 Å². The van der Waals surface area contributed by atoms with E-state index in [1.54, 1.807) is 59.5 Å². The van der Waals surface area contributed by atoms with Crippen molar-refractivity contribution in [2.75, 3.05) is 36.1 Å². The van der Waals surface area contributed by atoms with Gasteiger partial charge >= 0.3 is 5.97 Å². The second-order valence-electron chi connectivity index (χ2n) is 15.9. The van der Waals surface area contributed by atoms with E-state index in [-0.39, 0.29) is 47.9 Å². The molecule has 0 spiro atoms. The van der Waals surface area contributed by atoms with Crippen molar-refractivity contribution in [1.82, 2.24) is 10.6 Å². The third-order valence-electron chi connectivity index (χ3n) is 10.7. The minimum Gasteiger partial charge on any atom is -0.464 e. The third kappa shape index (κ3) is 11.5. The number of nitrogens with zero attached hydrogens (tertiary/aromatic N) is 2. The molecule has 2 N–H and O–H groups in total. The van der Waals surface area contributed by atoms with Gasteiger partial charge in [0.15, 0.2) is 8.32 Å². The number of hydrogen-bond donors (Lipinski definition) is 2. The molecule has 16 heteroatoms. The Labute approximate surface area is 371 Å². The molecule has 0 saturated carbocycles. The van der Waals surface area contributed by atoms with Gasteiger partial charge in [-0.05, 0) is 77.8 Å². The normalized spacial score (nSPS) is 16.7. The first-order valence-corrected chi connectivity index (χ1v) is 23.8. The van der Waals surface area contributed by atoms with Crippen LogP contribution in [-0.4, -0.2) is 76.3 Å². The molecule has 0 aliphatic carbocycles. The van der Waals surface area contributed by atoms with Crippen LogP contribution in [0.3, 0.4) is 0 Å². The Morgan fingerprint density at radius 1 is 0.667 bits per heavy atom. The van der Waals surface area contributed by atoms with E-state index >= 15 is 0 Å². The van der Waals surface area contributed by atoms with Gasteiger partial charge < -0.3 is 29.6 Å². The van der Waals surface area contributed by atoms with E-state index in [9.17, 15) is 24.0 Å². The van der Waals surface area contributed by atoms with E-state index in [0.29, 0.717) is 56.6 Å². The highest BCUT2D eigenvalue weighted by Crippen LogP contribution is 2.37. The Morgan fingerprint density at radius 3 is 1.48 bits per heavy atom. The zero-order valence-corrected chi connectivity index (χ0v) is 38.3. The van der Waals surface area contributed by atoms with Crippen LogP contribution in [0.1, 0.15) is 59.5 Å². The molecular weight excluding hydrogens is 866 g/mol. The van der Waals surface area contributed by atoms with Crippen LogP contribution in [0.25, 0.3) is 0 Å². The van der Waals surface area contributed by atoms with Gasteiger partial charge in [-0.15, -0.1) is 0 Å². The molecule has 0 bridgehead atoms. The molecule has 0 saturated heterocycles. The molecule has 4 aromatic rings. The molecule has 11 nitrogen and oxygen atoms in total. The maximum absolute atomic E-state index is 13.6. The number of benzene rings is 4. The van der Waals surface area contributed by atoms with Gasteiger partial charge in [-0.2, -0.15) is 0 Å². The lowest BCUT2D eigenvalue weighted by molar-refractivity contribution is -0.141. The van der Waals surface area contributed by atoms with Crippen LogP contribution in [-0.2, 0) is 36.4 Å². The topological polar surface area (TPSA) is 134 Å². The molecule has 4 amide bonds. The van der Waals surface area contributed by atoms with Crippen LogP contribution >= 0.6 is 46.4 Å². The summed E-state index contributed by atoms with van der Waals surface area (Å²) in [5.74, 6) is -1.70. The quantitative estimate of drug-likeness (QED) is 0.113. The fourth-order valence-corrected chi connectivity index (χ4v) is 8.26. The van der Waals surface area contributed by atoms with Gasteiger partial charge in [0.1, 0.15) is 18.7 Å². The van der Waals surface area contributed by atoms with Gasteiger partial charge in [-0.25, -0.2) is 0 Å². The fourth-order valence-electron chi connectivity index (χ4n) is 6.46. The van der Waals surface area contributed by atoms with Gasteiger partial charge in [-0.1, -0.05) is 104 Å².